The summed E-state index contributed by atoms with van der Waals surface area (Å²) in [6.45, 7) is 3.72. The number of benzene rings is 1. The average Bonchev–Trinajstić information content (AvgIpc) is 3.13. The molecule has 1 aromatic rings. The Morgan fingerprint density at radius 3 is 2.96 bits per heavy atom. The van der Waals surface area contributed by atoms with Crippen LogP contribution in [0.25, 0.3) is 0 Å². The quantitative estimate of drug-likeness (QED) is 0.381. The first kappa shape index (κ1) is 21.4. The summed E-state index contributed by atoms with van der Waals surface area (Å²) in [6, 6.07) is 7.16. The standard InChI is InChI=1S/C19H29F2N3O3/c1-22-19(24-7-6-16(12-24)13-26-9-8-25-2)23-11-15-4-3-5-17(10-15)27-14-18(20)21/h3-5,10,16,18H,6-9,11-14H2,1-2H3,(H,22,23). The second kappa shape index (κ2) is 11.7. The Balaban J connectivity index is 1.78. The first-order chi connectivity index (χ1) is 13.1. The summed E-state index contributed by atoms with van der Waals surface area (Å²) >= 11 is 0. The predicted molar refractivity (Wildman–Crippen MR) is 101 cm³/mol. The molecule has 0 saturated carbocycles. The Hall–Kier alpha value is -1.93. The number of alkyl halides is 2. The Bertz CT molecular complexity index is 587. The van der Waals surface area contributed by atoms with Gasteiger partial charge in [0.1, 0.15) is 12.4 Å². The van der Waals surface area contributed by atoms with E-state index < -0.39 is 13.0 Å². The van der Waals surface area contributed by atoms with E-state index in [1.807, 2.05) is 6.07 Å². The molecule has 1 aliphatic heterocycles. The molecule has 152 valence electrons. The van der Waals surface area contributed by atoms with Gasteiger partial charge in [-0.3, -0.25) is 4.99 Å². The van der Waals surface area contributed by atoms with Gasteiger partial charge in [-0.2, -0.15) is 0 Å². The summed E-state index contributed by atoms with van der Waals surface area (Å²) < 4.78 is 40.2. The predicted octanol–water partition coefficient (Wildman–Crippen LogP) is 2.39. The van der Waals surface area contributed by atoms with E-state index in [2.05, 4.69) is 15.2 Å². The van der Waals surface area contributed by atoms with Crippen LogP contribution in [0.2, 0.25) is 0 Å². The molecule has 8 heteroatoms. The van der Waals surface area contributed by atoms with Crippen molar-refractivity contribution < 1.29 is 23.0 Å². The Labute approximate surface area is 159 Å². The molecule has 1 aliphatic rings. The van der Waals surface area contributed by atoms with Crippen molar-refractivity contribution in [2.75, 3.05) is 53.7 Å². The maximum Gasteiger partial charge on any atom is 0.272 e. The van der Waals surface area contributed by atoms with Gasteiger partial charge >= 0.3 is 0 Å². The number of halogens is 2. The van der Waals surface area contributed by atoms with Crippen LogP contribution < -0.4 is 10.1 Å². The minimum absolute atomic E-state index is 0.444. The molecule has 1 fully saturated rings. The van der Waals surface area contributed by atoms with Crippen molar-refractivity contribution in [3.05, 3.63) is 29.8 Å². The van der Waals surface area contributed by atoms with Gasteiger partial charge < -0.3 is 24.4 Å². The van der Waals surface area contributed by atoms with Gasteiger partial charge in [-0.15, -0.1) is 0 Å². The lowest BCUT2D eigenvalue weighted by Crippen LogP contribution is -2.39. The fourth-order valence-corrected chi connectivity index (χ4v) is 2.97. The minimum atomic E-state index is -2.48. The van der Waals surface area contributed by atoms with E-state index in [0.717, 1.165) is 37.6 Å². The van der Waals surface area contributed by atoms with Gasteiger partial charge in [0.25, 0.3) is 6.43 Å². The van der Waals surface area contributed by atoms with Crippen LogP contribution in [0, 0.1) is 5.92 Å². The summed E-state index contributed by atoms with van der Waals surface area (Å²) in [5, 5.41) is 3.33. The molecule has 0 aromatic heterocycles. The van der Waals surface area contributed by atoms with Crippen LogP contribution in [-0.4, -0.2) is 71.0 Å². The number of nitrogens with one attached hydrogen (secondary N) is 1. The van der Waals surface area contributed by atoms with E-state index in [1.54, 1.807) is 32.4 Å². The second-order valence-corrected chi connectivity index (χ2v) is 6.42. The highest BCUT2D eigenvalue weighted by Gasteiger charge is 2.24. The van der Waals surface area contributed by atoms with E-state index in [0.29, 0.717) is 31.4 Å². The zero-order chi connectivity index (χ0) is 19.5. The van der Waals surface area contributed by atoms with Gasteiger partial charge in [-0.05, 0) is 24.1 Å². The smallest absolute Gasteiger partial charge is 0.272 e. The molecule has 1 N–H and O–H groups in total. The third kappa shape index (κ3) is 7.68. The van der Waals surface area contributed by atoms with E-state index >= 15 is 0 Å². The highest BCUT2D eigenvalue weighted by atomic mass is 19.3. The van der Waals surface area contributed by atoms with E-state index in [-0.39, 0.29) is 0 Å². The van der Waals surface area contributed by atoms with E-state index in [9.17, 15) is 8.78 Å². The fourth-order valence-electron chi connectivity index (χ4n) is 2.97. The van der Waals surface area contributed by atoms with Crippen LogP contribution in [0.3, 0.4) is 0 Å². The minimum Gasteiger partial charge on any atom is -0.488 e. The van der Waals surface area contributed by atoms with Crippen molar-refractivity contribution in [1.82, 2.24) is 10.2 Å². The average molecular weight is 385 g/mol. The lowest BCUT2D eigenvalue weighted by atomic mass is 10.1. The number of hydrogen-bond donors (Lipinski definition) is 1. The first-order valence-electron chi connectivity index (χ1n) is 9.14. The van der Waals surface area contributed by atoms with E-state index in [1.165, 1.54) is 0 Å². The Kier molecular flexibility index (Phi) is 9.27. The summed E-state index contributed by atoms with van der Waals surface area (Å²) in [7, 11) is 3.42. The van der Waals surface area contributed by atoms with Crippen molar-refractivity contribution in [2.45, 2.75) is 19.4 Å². The van der Waals surface area contributed by atoms with Crippen LogP contribution in [0.1, 0.15) is 12.0 Å². The Morgan fingerprint density at radius 1 is 1.37 bits per heavy atom. The molecule has 0 spiro atoms. The Morgan fingerprint density at radius 2 is 2.22 bits per heavy atom. The molecule has 2 rings (SSSR count). The molecular weight excluding hydrogens is 356 g/mol. The third-order valence-electron chi connectivity index (χ3n) is 4.31. The lowest BCUT2D eigenvalue weighted by molar-refractivity contribution is 0.0536. The monoisotopic (exact) mass is 385 g/mol. The maximum atomic E-state index is 12.3. The molecule has 1 heterocycles. The van der Waals surface area contributed by atoms with Gasteiger partial charge in [-0.25, -0.2) is 8.78 Å². The van der Waals surface area contributed by atoms with Crippen molar-refractivity contribution >= 4 is 5.96 Å². The molecule has 1 aromatic carbocycles. The van der Waals surface area contributed by atoms with Crippen LogP contribution in [0.5, 0.6) is 5.75 Å². The SMILES string of the molecule is CN=C(NCc1cccc(OCC(F)F)c1)N1CCC(COCCOC)C1. The zero-order valence-corrected chi connectivity index (χ0v) is 16.0. The fraction of sp³-hybridized carbons (Fsp3) is 0.632. The second-order valence-electron chi connectivity index (χ2n) is 6.42. The highest BCUT2D eigenvalue weighted by Crippen LogP contribution is 2.17. The number of nitrogens with zero attached hydrogens (tertiary/aromatic N) is 2. The van der Waals surface area contributed by atoms with Crippen LogP contribution in [-0.2, 0) is 16.0 Å². The van der Waals surface area contributed by atoms with Gasteiger partial charge in [-0.1, -0.05) is 12.1 Å². The molecule has 6 nitrogen and oxygen atoms in total. The number of hydrogen-bond acceptors (Lipinski definition) is 4. The van der Waals surface area contributed by atoms with Crippen molar-refractivity contribution in [1.29, 1.82) is 0 Å². The number of ether oxygens (including phenoxy) is 3. The number of methoxy groups -OCH3 is 1. The molecule has 1 saturated heterocycles. The largest absolute Gasteiger partial charge is 0.488 e. The number of aliphatic imine (C=N–C) groups is 1. The maximum absolute atomic E-state index is 12.3. The van der Waals surface area contributed by atoms with Gasteiger partial charge in [0, 0.05) is 39.7 Å². The molecule has 0 amide bonds. The molecule has 1 unspecified atom stereocenters. The van der Waals surface area contributed by atoms with Crippen molar-refractivity contribution in [2.24, 2.45) is 10.9 Å². The molecule has 0 aliphatic carbocycles. The summed E-state index contributed by atoms with van der Waals surface area (Å²) in [5.74, 6) is 1.75. The van der Waals surface area contributed by atoms with Crippen LogP contribution in [0.15, 0.2) is 29.3 Å². The van der Waals surface area contributed by atoms with Gasteiger partial charge in [0.2, 0.25) is 0 Å². The van der Waals surface area contributed by atoms with Crippen molar-refractivity contribution in [3.8, 4) is 5.75 Å². The molecule has 27 heavy (non-hydrogen) atoms. The van der Waals surface area contributed by atoms with Crippen LogP contribution >= 0.6 is 0 Å². The summed E-state index contributed by atoms with van der Waals surface area (Å²) in [5.41, 5.74) is 0.946. The number of rotatable bonds is 10. The molecule has 0 bridgehead atoms. The third-order valence-corrected chi connectivity index (χ3v) is 4.31. The highest BCUT2D eigenvalue weighted by molar-refractivity contribution is 5.80. The van der Waals surface area contributed by atoms with Gasteiger partial charge in [0.05, 0.1) is 19.8 Å². The summed E-state index contributed by atoms with van der Waals surface area (Å²) in [6.07, 6.45) is -1.42. The van der Waals surface area contributed by atoms with Crippen LogP contribution in [0.4, 0.5) is 8.78 Å². The normalized spacial score (nSPS) is 17.6. The summed E-state index contributed by atoms with van der Waals surface area (Å²) in [4.78, 5) is 6.56. The molecule has 1 atom stereocenters. The molecule has 0 radical (unpaired) electrons. The zero-order valence-electron chi connectivity index (χ0n) is 16.0. The van der Waals surface area contributed by atoms with E-state index in [4.69, 9.17) is 14.2 Å². The number of guanidine groups is 1. The van der Waals surface area contributed by atoms with Crippen molar-refractivity contribution in [3.63, 3.8) is 0 Å². The number of likely N-dealkylation sites (tertiary alicyclic amines) is 1. The first-order valence-corrected chi connectivity index (χ1v) is 9.14. The topological polar surface area (TPSA) is 55.3 Å². The molecular formula is C19H29F2N3O3. The van der Waals surface area contributed by atoms with Gasteiger partial charge in [0.15, 0.2) is 5.96 Å². The lowest BCUT2D eigenvalue weighted by Gasteiger charge is -2.22.